The number of primary amides is 1. The first-order valence-corrected chi connectivity index (χ1v) is 14.3. The van der Waals surface area contributed by atoms with Crippen LogP contribution in [-0.2, 0) is 11.3 Å². The van der Waals surface area contributed by atoms with Gasteiger partial charge in [-0.2, -0.15) is 4.98 Å². The summed E-state index contributed by atoms with van der Waals surface area (Å²) in [5, 5.41) is 6.21. The average molecular weight is 579 g/mol. The molecule has 1 saturated heterocycles. The fourth-order valence-corrected chi connectivity index (χ4v) is 6.13. The van der Waals surface area contributed by atoms with Crippen molar-refractivity contribution in [3.8, 4) is 0 Å². The number of nitrogens with one attached hydrogen (secondary N) is 2. The SMILES string of the molecule is NC(=O)C1CCC(n2c(Nc3c(F)cc(F)cc3F)nc3cnc(NC4CCCN(Cc5ccccc5)C4)nc32)CC1. The first kappa shape index (κ1) is 28.0. The second-order valence-electron chi connectivity index (χ2n) is 11.2. The Labute approximate surface area is 241 Å². The van der Waals surface area contributed by atoms with Crippen LogP contribution in [0.4, 0.5) is 30.8 Å². The molecule has 1 saturated carbocycles. The topological polar surface area (TPSA) is 114 Å². The van der Waals surface area contributed by atoms with Gasteiger partial charge in [0.05, 0.1) is 6.20 Å². The number of aromatic nitrogens is 4. The van der Waals surface area contributed by atoms with Gasteiger partial charge in [0.1, 0.15) is 17.0 Å². The number of nitrogens with two attached hydrogens (primary N) is 1. The second kappa shape index (κ2) is 12.0. The van der Waals surface area contributed by atoms with E-state index in [2.05, 4.69) is 37.6 Å². The molecule has 0 radical (unpaired) electrons. The molecule has 42 heavy (non-hydrogen) atoms. The molecule has 4 aromatic rings. The third-order valence-electron chi connectivity index (χ3n) is 8.23. The lowest BCUT2D eigenvalue weighted by atomic mass is 9.85. The van der Waals surface area contributed by atoms with Crippen LogP contribution in [0.15, 0.2) is 48.7 Å². The molecule has 1 aliphatic heterocycles. The number of rotatable bonds is 8. The first-order valence-electron chi connectivity index (χ1n) is 14.3. The van der Waals surface area contributed by atoms with Crippen LogP contribution in [-0.4, -0.2) is 49.5 Å². The third kappa shape index (κ3) is 6.03. The Bertz CT molecular complexity index is 1550. The van der Waals surface area contributed by atoms with Crippen LogP contribution >= 0.6 is 0 Å². The molecule has 2 aromatic carbocycles. The third-order valence-corrected chi connectivity index (χ3v) is 8.23. The van der Waals surface area contributed by atoms with Gasteiger partial charge in [0.2, 0.25) is 17.8 Å². The van der Waals surface area contributed by atoms with Gasteiger partial charge in [0.15, 0.2) is 17.3 Å². The van der Waals surface area contributed by atoms with Gasteiger partial charge in [0, 0.05) is 43.2 Å². The first-order chi connectivity index (χ1) is 20.3. The molecule has 12 heteroatoms. The number of fused-ring (bicyclic) bond motifs is 1. The van der Waals surface area contributed by atoms with E-state index in [9.17, 15) is 18.0 Å². The van der Waals surface area contributed by atoms with Crippen molar-refractivity contribution in [1.29, 1.82) is 0 Å². The number of hydrogen-bond donors (Lipinski definition) is 3. The molecule has 1 aliphatic carbocycles. The smallest absolute Gasteiger partial charge is 0.225 e. The van der Waals surface area contributed by atoms with Crippen molar-refractivity contribution >= 4 is 34.7 Å². The molecule has 0 spiro atoms. The number of hydrogen-bond acceptors (Lipinski definition) is 7. The number of carbonyl (C=O) groups is 1. The monoisotopic (exact) mass is 578 g/mol. The number of likely N-dealkylation sites (tertiary alicyclic amines) is 1. The molecule has 220 valence electrons. The lowest BCUT2D eigenvalue weighted by Crippen LogP contribution is -2.41. The van der Waals surface area contributed by atoms with E-state index in [1.165, 1.54) is 5.56 Å². The maximum absolute atomic E-state index is 14.6. The van der Waals surface area contributed by atoms with E-state index in [4.69, 9.17) is 10.7 Å². The molecule has 2 aliphatic rings. The normalized spacial score (nSPS) is 21.4. The Kier molecular flexibility index (Phi) is 7.96. The summed E-state index contributed by atoms with van der Waals surface area (Å²) in [5.74, 6) is -3.12. The summed E-state index contributed by atoms with van der Waals surface area (Å²) in [4.78, 5) is 28.0. The molecular weight excluding hydrogens is 545 g/mol. The summed E-state index contributed by atoms with van der Waals surface area (Å²) < 4.78 is 44.5. The van der Waals surface area contributed by atoms with E-state index in [1.807, 2.05) is 22.8 Å². The van der Waals surface area contributed by atoms with E-state index in [0.717, 1.165) is 32.5 Å². The Balaban J connectivity index is 1.28. The van der Waals surface area contributed by atoms with Crippen molar-refractivity contribution < 1.29 is 18.0 Å². The molecule has 0 bridgehead atoms. The van der Waals surface area contributed by atoms with E-state index in [-0.39, 0.29) is 29.9 Å². The maximum Gasteiger partial charge on any atom is 0.225 e. The van der Waals surface area contributed by atoms with Gasteiger partial charge < -0.3 is 16.4 Å². The van der Waals surface area contributed by atoms with Crippen molar-refractivity contribution in [3.05, 3.63) is 71.7 Å². The fourth-order valence-electron chi connectivity index (χ4n) is 6.13. The second-order valence-corrected chi connectivity index (χ2v) is 11.2. The molecule has 2 aromatic heterocycles. The highest BCUT2D eigenvalue weighted by Gasteiger charge is 2.30. The minimum atomic E-state index is -1.07. The summed E-state index contributed by atoms with van der Waals surface area (Å²) in [6, 6.07) is 11.6. The lowest BCUT2D eigenvalue weighted by molar-refractivity contribution is -0.122. The standard InChI is InChI=1S/C30H33F3N8O/c31-20-13-23(32)26(24(33)14-20)38-30-37-25-15-35-29(39-28(25)41(30)22-10-8-19(9-11-22)27(34)42)36-21-7-4-12-40(17-21)16-18-5-2-1-3-6-18/h1-3,5-6,13-15,19,21-22H,4,7-12,16-17H2,(H2,34,42)(H,37,38)(H,35,36,39). The molecule has 1 atom stereocenters. The number of halogens is 3. The highest BCUT2D eigenvalue weighted by molar-refractivity contribution is 5.78. The van der Waals surface area contributed by atoms with Gasteiger partial charge in [-0.15, -0.1) is 0 Å². The van der Waals surface area contributed by atoms with Crippen molar-refractivity contribution in [3.63, 3.8) is 0 Å². The van der Waals surface area contributed by atoms with Gasteiger partial charge >= 0.3 is 0 Å². The number of amides is 1. The van der Waals surface area contributed by atoms with Crippen LogP contribution in [0.1, 0.15) is 50.1 Å². The van der Waals surface area contributed by atoms with Gasteiger partial charge in [-0.1, -0.05) is 30.3 Å². The van der Waals surface area contributed by atoms with Gasteiger partial charge in [-0.05, 0) is 50.6 Å². The van der Waals surface area contributed by atoms with Gasteiger partial charge in [0.25, 0.3) is 0 Å². The van der Waals surface area contributed by atoms with Crippen molar-refractivity contribution in [1.82, 2.24) is 24.4 Å². The summed E-state index contributed by atoms with van der Waals surface area (Å²) in [6.45, 7) is 2.72. The van der Waals surface area contributed by atoms with Crippen LogP contribution < -0.4 is 16.4 Å². The number of imidazole rings is 1. The van der Waals surface area contributed by atoms with Crippen LogP contribution in [0.25, 0.3) is 11.2 Å². The molecule has 1 unspecified atom stereocenters. The zero-order chi connectivity index (χ0) is 29.2. The molecule has 2 fully saturated rings. The summed E-state index contributed by atoms with van der Waals surface area (Å²) >= 11 is 0. The molecular formula is C30H33F3N8O. The molecule has 4 N–H and O–H groups in total. The van der Waals surface area contributed by atoms with Crippen molar-refractivity contribution in [2.45, 2.75) is 57.2 Å². The zero-order valence-electron chi connectivity index (χ0n) is 23.1. The van der Waals surface area contributed by atoms with Crippen LogP contribution in [0.3, 0.4) is 0 Å². The van der Waals surface area contributed by atoms with E-state index < -0.39 is 23.1 Å². The minimum absolute atomic E-state index is 0.141. The van der Waals surface area contributed by atoms with Gasteiger partial charge in [-0.25, -0.2) is 23.1 Å². The Morgan fingerprint density at radius 2 is 1.74 bits per heavy atom. The number of benzene rings is 2. The molecule has 9 nitrogen and oxygen atoms in total. The molecule has 1 amide bonds. The highest BCUT2D eigenvalue weighted by atomic mass is 19.1. The Morgan fingerprint density at radius 1 is 1.00 bits per heavy atom. The predicted octanol–water partition coefficient (Wildman–Crippen LogP) is 5.28. The summed E-state index contributed by atoms with van der Waals surface area (Å²) in [6.07, 6.45) is 5.96. The van der Waals surface area contributed by atoms with Crippen LogP contribution in [0.2, 0.25) is 0 Å². The van der Waals surface area contributed by atoms with Crippen molar-refractivity contribution in [2.75, 3.05) is 23.7 Å². The maximum atomic E-state index is 14.6. The number of nitrogens with zero attached hydrogens (tertiary/aromatic N) is 5. The molecule has 3 heterocycles. The lowest BCUT2D eigenvalue weighted by Gasteiger charge is -2.33. The number of carbonyl (C=O) groups excluding carboxylic acids is 1. The zero-order valence-corrected chi connectivity index (χ0v) is 23.1. The highest BCUT2D eigenvalue weighted by Crippen LogP contribution is 2.37. The van der Waals surface area contributed by atoms with E-state index in [1.54, 1.807) is 6.20 Å². The number of piperidine rings is 1. The Morgan fingerprint density at radius 3 is 2.45 bits per heavy atom. The fraction of sp³-hybridized carbons (Fsp3) is 0.400. The van der Waals surface area contributed by atoms with Crippen LogP contribution in [0.5, 0.6) is 0 Å². The largest absolute Gasteiger partial charge is 0.369 e. The quantitative estimate of drug-likeness (QED) is 0.261. The van der Waals surface area contributed by atoms with E-state index in [0.29, 0.717) is 54.9 Å². The summed E-state index contributed by atoms with van der Waals surface area (Å²) in [5.41, 5.74) is 7.24. The van der Waals surface area contributed by atoms with Gasteiger partial charge in [-0.3, -0.25) is 14.3 Å². The van der Waals surface area contributed by atoms with Crippen molar-refractivity contribution in [2.24, 2.45) is 11.7 Å². The average Bonchev–Trinajstić information content (AvgIpc) is 3.33. The van der Waals surface area contributed by atoms with Crippen LogP contribution in [0, 0.1) is 23.4 Å². The number of anilines is 3. The summed E-state index contributed by atoms with van der Waals surface area (Å²) in [7, 11) is 0. The predicted molar refractivity (Wildman–Crippen MR) is 153 cm³/mol. The minimum Gasteiger partial charge on any atom is -0.369 e. The Hall–Kier alpha value is -4.19. The molecule has 6 rings (SSSR count). The van der Waals surface area contributed by atoms with E-state index >= 15 is 0 Å².